The van der Waals surface area contributed by atoms with Gasteiger partial charge in [-0.3, -0.25) is 9.69 Å². The first-order valence-electron chi connectivity index (χ1n) is 9.97. The van der Waals surface area contributed by atoms with E-state index in [9.17, 15) is 26.4 Å². The highest BCUT2D eigenvalue weighted by atomic mass is 32.2. The van der Waals surface area contributed by atoms with Gasteiger partial charge in [-0.25, -0.2) is 8.42 Å². The lowest BCUT2D eigenvalue weighted by Gasteiger charge is -2.32. The van der Waals surface area contributed by atoms with Crippen LogP contribution < -0.4 is 5.32 Å². The van der Waals surface area contributed by atoms with Gasteiger partial charge in [0.15, 0.2) is 9.84 Å². The minimum Gasteiger partial charge on any atom is -0.352 e. The molecule has 1 saturated heterocycles. The number of halogens is 3. The van der Waals surface area contributed by atoms with Crippen LogP contribution in [-0.4, -0.2) is 49.9 Å². The summed E-state index contributed by atoms with van der Waals surface area (Å²) in [5.41, 5.74) is -0.0576. The molecular formula is C20H29F3N2O3S. The highest BCUT2D eigenvalue weighted by Gasteiger charge is 2.30. The number of hydrogen-bond donors (Lipinski definition) is 1. The SMILES string of the molecule is CCCCCS(=O)(=O)CC(=O)NC1CCN(Cc2cccc(C(F)(F)F)c2)CC1. The molecule has 0 atom stereocenters. The lowest BCUT2D eigenvalue weighted by Crippen LogP contribution is -2.46. The Hall–Kier alpha value is -1.61. The monoisotopic (exact) mass is 434 g/mol. The summed E-state index contributed by atoms with van der Waals surface area (Å²) in [6.45, 7) is 3.66. The van der Waals surface area contributed by atoms with Gasteiger partial charge in [-0.15, -0.1) is 0 Å². The van der Waals surface area contributed by atoms with Gasteiger partial charge >= 0.3 is 6.18 Å². The molecule has 1 aromatic rings. The van der Waals surface area contributed by atoms with E-state index in [1.165, 1.54) is 6.07 Å². The molecule has 0 saturated carbocycles. The molecule has 1 amide bonds. The molecule has 0 aliphatic carbocycles. The summed E-state index contributed by atoms with van der Waals surface area (Å²) in [6.07, 6.45) is -0.767. The van der Waals surface area contributed by atoms with Crippen molar-refractivity contribution < 1.29 is 26.4 Å². The Morgan fingerprint density at radius 3 is 2.52 bits per heavy atom. The predicted octanol–water partition coefficient (Wildman–Crippen LogP) is 3.39. The van der Waals surface area contributed by atoms with Crippen molar-refractivity contribution >= 4 is 15.7 Å². The molecule has 1 aliphatic rings. The number of sulfone groups is 1. The normalized spacial score (nSPS) is 16.7. The van der Waals surface area contributed by atoms with Crippen LogP contribution in [-0.2, 0) is 27.4 Å². The summed E-state index contributed by atoms with van der Waals surface area (Å²) in [4.78, 5) is 14.1. The Balaban J connectivity index is 1.77. The zero-order valence-electron chi connectivity index (χ0n) is 16.7. The van der Waals surface area contributed by atoms with Gasteiger partial charge in [0.1, 0.15) is 5.75 Å². The molecule has 0 bridgehead atoms. The molecule has 1 fully saturated rings. The Morgan fingerprint density at radius 1 is 1.21 bits per heavy atom. The molecule has 29 heavy (non-hydrogen) atoms. The molecular weight excluding hydrogens is 405 g/mol. The largest absolute Gasteiger partial charge is 0.416 e. The average molecular weight is 435 g/mol. The second kappa shape index (κ2) is 10.4. The molecule has 0 spiro atoms. The van der Waals surface area contributed by atoms with Crippen LogP contribution in [0.3, 0.4) is 0 Å². The molecule has 0 unspecified atom stereocenters. The number of alkyl halides is 3. The molecule has 2 rings (SSSR count). The van der Waals surface area contributed by atoms with Crippen LogP contribution in [0, 0.1) is 0 Å². The number of nitrogens with zero attached hydrogens (tertiary/aromatic N) is 1. The van der Waals surface area contributed by atoms with E-state index < -0.39 is 33.2 Å². The second-order valence-corrected chi connectivity index (χ2v) is 9.80. The van der Waals surface area contributed by atoms with Crippen molar-refractivity contribution in [3.63, 3.8) is 0 Å². The Bertz CT molecular complexity index is 773. The fraction of sp³-hybridized carbons (Fsp3) is 0.650. The van der Waals surface area contributed by atoms with Gasteiger partial charge in [0, 0.05) is 25.7 Å². The van der Waals surface area contributed by atoms with Crippen LogP contribution in [0.25, 0.3) is 0 Å². The number of unbranched alkanes of at least 4 members (excludes halogenated alkanes) is 2. The van der Waals surface area contributed by atoms with E-state index in [0.29, 0.717) is 44.5 Å². The van der Waals surface area contributed by atoms with E-state index in [0.717, 1.165) is 25.0 Å². The number of rotatable bonds is 9. The molecule has 1 N–H and O–H groups in total. The highest BCUT2D eigenvalue weighted by molar-refractivity contribution is 7.92. The fourth-order valence-corrected chi connectivity index (χ4v) is 4.72. The maximum absolute atomic E-state index is 12.8. The summed E-state index contributed by atoms with van der Waals surface area (Å²) >= 11 is 0. The van der Waals surface area contributed by atoms with E-state index in [4.69, 9.17) is 0 Å². The number of carbonyl (C=O) groups is 1. The molecule has 9 heteroatoms. The first-order valence-corrected chi connectivity index (χ1v) is 11.8. The number of nitrogens with one attached hydrogen (secondary N) is 1. The quantitative estimate of drug-likeness (QED) is 0.605. The van der Waals surface area contributed by atoms with Crippen LogP contribution in [0.2, 0.25) is 0 Å². The van der Waals surface area contributed by atoms with Crippen molar-refractivity contribution in [2.45, 2.75) is 57.8 Å². The maximum atomic E-state index is 12.8. The number of hydrogen-bond acceptors (Lipinski definition) is 4. The van der Waals surface area contributed by atoms with Crippen molar-refractivity contribution in [2.24, 2.45) is 0 Å². The zero-order valence-corrected chi connectivity index (χ0v) is 17.5. The van der Waals surface area contributed by atoms with Gasteiger partial charge < -0.3 is 5.32 Å². The number of carbonyl (C=O) groups excluding carboxylic acids is 1. The molecule has 1 aliphatic heterocycles. The number of benzene rings is 1. The van der Waals surface area contributed by atoms with Crippen molar-refractivity contribution in [3.05, 3.63) is 35.4 Å². The second-order valence-electron chi connectivity index (χ2n) is 7.62. The van der Waals surface area contributed by atoms with E-state index in [2.05, 4.69) is 5.32 Å². The standard InChI is InChI=1S/C20H29F3N2O3S/c1-2-3-4-12-29(27,28)15-19(26)24-18-8-10-25(11-9-18)14-16-6-5-7-17(13-16)20(21,22)23/h5-7,13,18H,2-4,8-12,14-15H2,1H3,(H,24,26). The van der Waals surface area contributed by atoms with Crippen LogP contribution in [0.5, 0.6) is 0 Å². The van der Waals surface area contributed by atoms with E-state index >= 15 is 0 Å². The number of likely N-dealkylation sites (tertiary alicyclic amines) is 1. The lowest BCUT2D eigenvalue weighted by atomic mass is 10.0. The Labute approximate surface area is 170 Å². The number of amides is 1. The van der Waals surface area contributed by atoms with Gasteiger partial charge in [-0.2, -0.15) is 13.2 Å². The first-order chi connectivity index (χ1) is 13.6. The van der Waals surface area contributed by atoms with Gasteiger partial charge in [-0.1, -0.05) is 38.0 Å². The molecule has 5 nitrogen and oxygen atoms in total. The number of piperidine rings is 1. The minimum atomic E-state index is -4.36. The van der Waals surface area contributed by atoms with E-state index in [1.807, 2.05) is 11.8 Å². The van der Waals surface area contributed by atoms with Crippen molar-refractivity contribution in [2.75, 3.05) is 24.6 Å². The fourth-order valence-electron chi connectivity index (χ4n) is 3.45. The van der Waals surface area contributed by atoms with E-state index in [1.54, 1.807) is 6.07 Å². The molecule has 1 aromatic carbocycles. The Morgan fingerprint density at radius 2 is 1.90 bits per heavy atom. The highest BCUT2D eigenvalue weighted by Crippen LogP contribution is 2.30. The molecule has 0 aromatic heterocycles. The van der Waals surface area contributed by atoms with Crippen LogP contribution in [0.15, 0.2) is 24.3 Å². The van der Waals surface area contributed by atoms with Crippen LogP contribution in [0.4, 0.5) is 13.2 Å². The van der Waals surface area contributed by atoms with Crippen molar-refractivity contribution in [3.8, 4) is 0 Å². The zero-order chi connectivity index (χ0) is 21.5. The predicted molar refractivity (Wildman–Crippen MR) is 106 cm³/mol. The van der Waals surface area contributed by atoms with Gasteiger partial charge in [0.05, 0.1) is 11.3 Å². The summed E-state index contributed by atoms with van der Waals surface area (Å²) in [7, 11) is -3.39. The topological polar surface area (TPSA) is 66.5 Å². The van der Waals surface area contributed by atoms with Crippen LogP contribution >= 0.6 is 0 Å². The van der Waals surface area contributed by atoms with Crippen LogP contribution in [0.1, 0.15) is 50.2 Å². The summed E-state index contributed by atoms with van der Waals surface area (Å²) in [5, 5.41) is 2.79. The van der Waals surface area contributed by atoms with Gasteiger partial charge in [-0.05, 0) is 30.9 Å². The molecule has 0 radical (unpaired) electrons. The average Bonchev–Trinajstić information content (AvgIpc) is 2.62. The maximum Gasteiger partial charge on any atom is 0.416 e. The third kappa shape index (κ3) is 8.34. The first kappa shape index (κ1) is 23.7. The van der Waals surface area contributed by atoms with Gasteiger partial charge in [0.2, 0.25) is 5.91 Å². The summed E-state index contributed by atoms with van der Waals surface area (Å²) < 4.78 is 62.4. The minimum absolute atomic E-state index is 0.0314. The lowest BCUT2D eigenvalue weighted by molar-refractivity contribution is -0.137. The van der Waals surface area contributed by atoms with Crippen molar-refractivity contribution in [1.29, 1.82) is 0 Å². The summed E-state index contributed by atoms with van der Waals surface area (Å²) in [5.74, 6) is -0.928. The third-order valence-electron chi connectivity index (χ3n) is 5.02. The van der Waals surface area contributed by atoms with E-state index in [-0.39, 0.29) is 11.8 Å². The molecule has 164 valence electrons. The summed E-state index contributed by atoms with van der Waals surface area (Å²) in [6, 6.07) is 5.20. The Kier molecular flexibility index (Phi) is 8.51. The molecule has 1 heterocycles. The smallest absolute Gasteiger partial charge is 0.352 e. The van der Waals surface area contributed by atoms with Gasteiger partial charge in [0.25, 0.3) is 0 Å². The third-order valence-corrected chi connectivity index (χ3v) is 6.64. The van der Waals surface area contributed by atoms with Crippen molar-refractivity contribution in [1.82, 2.24) is 10.2 Å².